The molecule has 1 amide bonds. The Morgan fingerprint density at radius 2 is 2.06 bits per heavy atom. The summed E-state index contributed by atoms with van der Waals surface area (Å²) >= 11 is 7.76. The number of methoxy groups -OCH3 is 1. The predicted molar refractivity (Wildman–Crippen MR) is 126 cm³/mol. The SMILES string of the molecule is CCN(CCO)CCCOc1ccc(OC)cc1C1Sc2cc(Cl)ccc2N1C(C)=O. The quantitative estimate of drug-likeness (QED) is 0.519. The Morgan fingerprint density at radius 1 is 1.26 bits per heavy atom. The molecule has 8 heteroatoms. The number of hydrogen-bond acceptors (Lipinski definition) is 6. The van der Waals surface area contributed by atoms with Gasteiger partial charge in [-0.3, -0.25) is 9.69 Å². The fourth-order valence-electron chi connectivity index (χ4n) is 3.64. The molecule has 0 aliphatic carbocycles. The molecular formula is C23H29ClN2O4S. The molecule has 6 nitrogen and oxygen atoms in total. The van der Waals surface area contributed by atoms with Crippen molar-refractivity contribution in [3.8, 4) is 11.5 Å². The molecule has 1 unspecified atom stereocenters. The van der Waals surface area contributed by atoms with Crippen molar-refractivity contribution >= 4 is 35.0 Å². The van der Waals surface area contributed by atoms with Crippen LogP contribution < -0.4 is 14.4 Å². The Morgan fingerprint density at radius 3 is 2.74 bits per heavy atom. The first-order valence-electron chi connectivity index (χ1n) is 10.4. The van der Waals surface area contributed by atoms with Gasteiger partial charge in [0.25, 0.3) is 0 Å². The largest absolute Gasteiger partial charge is 0.497 e. The number of thioether (sulfide) groups is 1. The number of halogens is 1. The molecule has 3 rings (SSSR count). The van der Waals surface area contributed by atoms with E-state index in [9.17, 15) is 4.79 Å². The van der Waals surface area contributed by atoms with E-state index >= 15 is 0 Å². The zero-order chi connectivity index (χ0) is 22.4. The molecule has 0 radical (unpaired) electrons. The Balaban J connectivity index is 1.82. The van der Waals surface area contributed by atoms with Crippen molar-refractivity contribution in [1.82, 2.24) is 4.90 Å². The number of aliphatic hydroxyl groups is 1. The summed E-state index contributed by atoms with van der Waals surface area (Å²) in [6.45, 7) is 6.75. The van der Waals surface area contributed by atoms with Gasteiger partial charge < -0.3 is 19.5 Å². The highest BCUT2D eigenvalue weighted by molar-refractivity contribution is 8.00. The number of fused-ring (bicyclic) bond motifs is 1. The van der Waals surface area contributed by atoms with Crippen LogP contribution >= 0.6 is 23.4 Å². The Labute approximate surface area is 193 Å². The third kappa shape index (κ3) is 5.66. The maximum absolute atomic E-state index is 12.6. The smallest absolute Gasteiger partial charge is 0.225 e. The predicted octanol–water partition coefficient (Wildman–Crippen LogP) is 4.59. The third-order valence-electron chi connectivity index (χ3n) is 5.22. The van der Waals surface area contributed by atoms with Crippen molar-refractivity contribution in [3.63, 3.8) is 0 Å². The van der Waals surface area contributed by atoms with Gasteiger partial charge in [-0.2, -0.15) is 0 Å². The molecule has 2 aromatic carbocycles. The second kappa shape index (κ2) is 11.1. The molecule has 2 aromatic rings. The van der Waals surface area contributed by atoms with Gasteiger partial charge in [0.1, 0.15) is 16.9 Å². The monoisotopic (exact) mass is 464 g/mol. The Hall–Kier alpha value is -1.93. The van der Waals surface area contributed by atoms with Gasteiger partial charge in [-0.25, -0.2) is 0 Å². The molecule has 1 N–H and O–H groups in total. The second-order valence-electron chi connectivity index (χ2n) is 7.23. The molecule has 0 aromatic heterocycles. The van der Waals surface area contributed by atoms with Crippen LogP contribution in [0.5, 0.6) is 11.5 Å². The normalized spacial score (nSPS) is 15.3. The van der Waals surface area contributed by atoms with Crippen molar-refractivity contribution in [2.75, 3.05) is 44.9 Å². The number of carbonyl (C=O) groups is 1. The van der Waals surface area contributed by atoms with Gasteiger partial charge in [0.15, 0.2) is 0 Å². The number of rotatable bonds is 10. The second-order valence-corrected chi connectivity index (χ2v) is 8.79. The first-order valence-corrected chi connectivity index (χ1v) is 11.6. The Bertz CT molecular complexity index is 911. The van der Waals surface area contributed by atoms with E-state index in [1.165, 1.54) is 0 Å². The van der Waals surface area contributed by atoms with Crippen molar-refractivity contribution in [3.05, 3.63) is 47.0 Å². The van der Waals surface area contributed by atoms with E-state index in [4.69, 9.17) is 26.2 Å². The standard InChI is InChI=1S/C23H29ClN2O4S/c1-4-25(11-12-27)10-5-13-30-21-9-7-18(29-3)15-19(21)23-26(16(2)28)20-8-6-17(24)14-22(20)31-23/h6-9,14-15,23,27H,4-5,10-13H2,1-3H3. The average Bonchev–Trinajstić information content (AvgIpc) is 3.14. The minimum atomic E-state index is -0.266. The number of amides is 1. The summed E-state index contributed by atoms with van der Waals surface area (Å²) in [5.74, 6) is 1.39. The molecule has 1 aliphatic heterocycles. The lowest BCUT2D eigenvalue weighted by atomic mass is 10.1. The van der Waals surface area contributed by atoms with E-state index in [-0.39, 0.29) is 17.9 Å². The van der Waals surface area contributed by atoms with E-state index in [0.717, 1.165) is 41.4 Å². The number of anilines is 1. The van der Waals surface area contributed by atoms with Gasteiger partial charge in [0, 0.05) is 35.5 Å². The summed E-state index contributed by atoms with van der Waals surface area (Å²) in [6, 6.07) is 11.3. The van der Waals surface area contributed by atoms with Crippen molar-refractivity contribution in [2.45, 2.75) is 30.5 Å². The summed E-state index contributed by atoms with van der Waals surface area (Å²) in [4.78, 5) is 17.5. The maximum atomic E-state index is 12.6. The minimum Gasteiger partial charge on any atom is -0.497 e. The van der Waals surface area contributed by atoms with Gasteiger partial charge in [-0.1, -0.05) is 30.3 Å². The van der Waals surface area contributed by atoms with Crippen LogP contribution in [0.25, 0.3) is 0 Å². The van der Waals surface area contributed by atoms with E-state index in [1.807, 2.05) is 30.3 Å². The average molecular weight is 465 g/mol. The summed E-state index contributed by atoms with van der Waals surface area (Å²) in [5.41, 5.74) is 1.73. The van der Waals surface area contributed by atoms with Crippen LogP contribution in [0.1, 0.15) is 31.2 Å². The number of carbonyl (C=O) groups excluding carboxylic acids is 1. The maximum Gasteiger partial charge on any atom is 0.225 e. The highest BCUT2D eigenvalue weighted by Gasteiger charge is 2.36. The molecule has 0 spiro atoms. The van der Waals surface area contributed by atoms with Crippen LogP contribution in [0.2, 0.25) is 5.02 Å². The lowest BCUT2D eigenvalue weighted by molar-refractivity contribution is -0.116. The third-order valence-corrected chi connectivity index (χ3v) is 6.72. The lowest BCUT2D eigenvalue weighted by Crippen LogP contribution is -2.29. The summed E-state index contributed by atoms with van der Waals surface area (Å²) in [6.07, 6.45) is 0.837. The first kappa shape index (κ1) is 23.7. The van der Waals surface area contributed by atoms with Crippen LogP contribution in [-0.4, -0.2) is 55.9 Å². The van der Waals surface area contributed by atoms with E-state index in [2.05, 4.69) is 11.8 Å². The summed E-state index contributed by atoms with van der Waals surface area (Å²) in [5, 5.41) is 9.52. The van der Waals surface area contributed by atoms with Gasteiger partial charge in [-0.05, 0) is 49.4 Å². The van der Waals surface area contributed by atoms with Crippen LogP contribution in [0.15, 0.2) is 41.3 Å². The van der Waals surface area contributed by atoms with E-state index < -0.39 is 0 Å². The zero-order valence-corrected chi connectivity index (χ0v) is 19.7. The first-order chi connectivity index (χ1) is 15.0. The zero-order valence-electron chi connectivity index (χ0n) is 18.1. The minimum absolute atomic E-state index is 0.0464. The van der Waals surface area contributed by atoms with E-state index in [0.29, 0.717) is 23.9 Å². The lowest BCUT2D eigenvalue weighted by Gasteiger charge is -2.26. The van der Waals surface area contributed by atoms with Crippen LogP contribution in [0, 0.1) is 0 Å². The van der Waals surface area contributed by atoms with Gasteiger partial charge in [0.2, 0.25) is 5.91 Å². The topological polar surface area (TPSA) is 62.2 Å². The number of nitrogens with zero attached hydrogens (tertiary/aromatic N) is 2. The molecule has 1 heterocycles. The summed E-state index contributed by atoms with van der Waals surface area (Å²) < 4.78 is 11.6. The van der Waals surface area contributed by atoms with Gasteiger partial charge in [-0.15, -0.1) is 0 Å². The van der Waals surface area contributed by atoms with Crippen LogP contribution in [0.3, 0.4) is 0 Å². The molecule has 1 aliphatic rings. The molecule has 168 valence electrons. The molecule has 1 atom stereocenters. The number of benzene rings is 2. The van der Waals surface area contributed by atoms with Crippen molar-refractivity contribution < 1.29 is 19.4 Å². The molecular weight excluding hydrogens is 436 g/mol. The van der Waals surface area contributed by atoms with Gasteiger partial charge in [0.05, 0.1) is 26.0 Å². The molecule has 0 saturated heterocycles. The van der Waals surface area contributed by atoms with Crippen molar-refractivity contribution in [2.24, 2.45) is 0 Å². The molecule has 0 saturated carbocycles. The van der Waals surface area contributed by atoms with Gasteiger partial charge >= 0.3 is 0 Å². The number of likely N-dealkylation sites (N-methyl/N-ethyl adjacent to an activating group) is 1. The summed E-state index contributed by atoms with van der Waals surface area (Å²) in [7, 11) is 1.62. The fraction of sp³-hybridized carbons (Fsp3) is 0.435. The fourth-order valence-corrected chi connectivity index (χ4v) is 5.27. The van der Waals surface area contributed by atoms with Crippen LogP contribution in [-0.2, 0) is 4.79 Å². The number of hydrogen-bond donors (Lipinski definition) is 1. The van der Waals surface area contributed by atoms with Crippen LogP contribution in [0.4, 0.5) is 5.69 Å². The van der Waals surface area contributed by atoms with E-state index in [1.54, 1.807) is 36.8 Å². The molecule has 0 fully saturated rings. The molecule has 31 heavy (non-hydrogen) atoms. The number of aliphatic hydroxyl groups excluding tert-OH is 1. The Kier molecular flexibility index (Phi) is 8.49. The number of ether oxygens (including phenoxy) is 2. The highest BCUT2D eigenvalue weighted by Crippen LogP contribution is 2.54. The van der Waals surface area contributed by atoms with Crippen molar-refractivity contribution in [1.29, 1.82) is 0 Å². The molecule has 0 bridgehead atoms. The highest BCUT2D eigenvalue weighted by atomic mass is 35.5.